The fourth-order valence-electron chi connectivity index (χ4n) is 2.34. The molecule has 0 aliphatic carbocycles. The Hall–Kier alpha value is -2.89. The molecule has 2 aromatic carbocycles. The molecule has 2 rings (SSSR count). The van der Waals surface area contributed by atoms with Gasteiger partial charge in [0.25, 0.3) is 5.91 Å². The first-order chi connectivity index (χ1) is 11.6. The van der Waals surface area contributed by atoms with E-state index in [9.17, 15) is 4.79 Å². The highest BCUT2D eigenvalue weighted by atomic mass is 16.5. The van der Waals surface area contributed by atoms with Crippen molar-refractivity contribution in [2.75, 3.05) is 28.4 Å². The van der Waals surface area contributed by atoms with Crippen molar-refractivity contribution in [1.82, 2.24) is 5.32 Å². The maximum Gasteiger partial charge on any atom is 0.259 e. The fraction of sp³-hybridized carbons (Fsp3) is 0.278. The van der Waals surface area contributed by atoms with Crippen molar-refractivity contribution in [3.63, 3.8) is 0 Å². The quantitative estimate of drug-likeness (QED) is 0.845. The number of carbonyl (C=O) groups is 1. The van der Waals surface area contributed by atoms with Crippen molar-refractivity contribution in [2.45, 2.75) is 6.54 Å². The molecule has 0 spiro atoms. The lowest BCUT2D eigenvalue weighted by Gasteiger charge is -2.14. The number of ether oxygens (including phenoxy) is 4. The van der Waals surface area contributed by atoms with Gasteiger partial charge in [-0.1, -0.05) is 12.1 Å². The van der Waals surface area contributed by atoms with E-state index in [4.69, 9.17) is 18.9 Å². The third kappa shape index (κ3) is 3.71. The summed E-state index contributed by atoms with van der Waals surface area (Å²) in [5.74, 6) is 1.88. The third-order valence-electron chi connectivity index (χ3n) is 3.56. The van der Waals surface area contributed by atoms with Gasteiger partial charge in [-0.15, -0.1) is 0 Å². The lowest BCUT2D eigenvalue weighted by Crippen LogP contribution is -2.24. The van der Waals surface area contributed by atoms with Gasteiger partial charge in [0.05, 0.1) is 28.4 Å². The van der Waals surface area contributed by atoms with E-state index in [1.165, 1.54) is 14.2 Å². The van der Waals surface area contributed by atoms with Gasteiger partial charge in [0.15, 0.2) is 11.5 Å². The van der Waals surface area contributed by atoms with Crippen molar-refractivity contribution in [3.8, 4) is 23.0 Å². The van der Waals surface area contributed by atoms with Gasteiger partial charge in [0.1, 0.15) is 17.1 Å². The lowest BCUT2D eigenvalue weighted by molar-refractivity contribution is 0.0944. The average Bonchev–Trinajstić information content (AvgIpc) is 2.64. The highest BCUT2D eigenvalue weighted by Crippen LogP contribution is 2.29. The summed E-state index contributed by atoms with van der Waals surface area (Å²) < 4.78 is 21.0. The Morgan fingerprint density at radius 3 is 1.96 bits per heavy atom. The Balaban J connectivity index is 2.17. The van der Waals surface area contributed by atoms with E-state index in [2.05, 4.69) is 5.32 Å². The van der Waals surface area contributed by atoms with E-state index in [1.807, 2.05) is 12.1 Å². The summed E-state index contributed by atoms with van der Waals surface area (Å²) in [5.41, 5.74) is 1.25. The second-order valence-electron chi connectivity index (χ2n) is 4.91. The van der Waals surface area contributed by atoms with Crippen LogP contribution in [0.25, 0.3) is 0 Å². The van der Waals surface area contributed by atoms with E-state index in [-0.39, 0.29) is 5.91 Å². The molecule has 0 unspecified atom stereocenters. The van der Waals surface area contributed by atoms with Crippen LogP contribution in [0.1, 0.15) is 15.9 Å². The monoisotopic (exact) mass is 331 g/mol. The van der Waals surface area contributed by atoms with E-state index in [0.29, 0.717) is 35.1 Å². The molecule has 1 amide bonds. The average molecular weight is 331 g/mol. The van der Waals surface area contributed by atoms with Crippen LogP contribution in [0.4, 0.5) is 0 Å². The molecule has 0 bridgehead atoms. The van der Waals surface area contributed by atoms with Crippen LogP contribution in [-0.2, 0) is 6.54 Å². The molecule has 0 aromatic heterocycles. The molecular formula is C18H21NO5. The van der Waals surface area contributed by atoms with Gasteiger partial charge < -0.3 is 24.3 Å². The van der Waals surface area contributed by atoms with E-state index in [1.54, 1.807) is 38.5 Å². The molecule has 24 heavy (non-hydrogen) atoms. The maximum absolute atomic E-state index is 12.5. The summed E-state index contributed by atoms with van der Waals surface area (Å²) >= 11 is 0. The number of benzene rings is 2. The van der Waals surface area contributed by atoms with E-state index in [0.717, 1.165) is 5.56 Å². The number of amides is 1. The molecule has 128 valence electrons. The van der Waals surface area contributed by atoms with Crippen molar-refractivity contribution in [2.24, 2.45) is 0 Å². The summed E-state index contributed by atoms with van der Waals surface area (Å²) in [6, 6.07) is 10.7. The number of methoxy groups -OCH3 is 4. The summed E-state index contributed by atoms with van der Waals surface area (Å²) in [5, 5.41) is 2.86. The fourth-order valence-corrected chi connectivity index (χ4v) is 2.34. The molecular weight excluding hydrogens is 310 g/mol. The Kier molecular flexibility index (Phi) is 5.89. The van der Waals surface area contributed by atoms with Crippen LogP contribution in [0.5, 0.6) is 23.0 Å². The molecule has 0 atom stereocenters. The highest BCUT2D eigenvalue weighted by Gasteiger charge is 2.18. The van der Waals surface area contributed by atoms with Crippen LogP contribution < -0.4 is 24.3 Å². The minimum Gasteiger partial charge on any atom is -0.496 e. The summed E-state index contributed by atoms with van der Waals surface area (Å²) in [6.07, 6.45) is 0. The standard InChI is InChI=1S/C18H21NO5/c1-21-13-9-8-12(10-16(13)24-4)11-19-18(20)17-14(22-2)6-5-7-15(17)23-3/h5-10H,11H2,1-4H3,(H,19,20). The molecule has 6 nitrogen and oxygen atoms in total. The molecule has 6 heteroatoms. The third-order valence-corrected chi connectivity index (χ3v) is 3.56. The molecule has 0 saturated carbocycles. The lowest BCUT2D eigenvalue weighted by atomic mass is 10.1. The topological polar surface area (TPSA) is 66.0 Å². The van der Waals surface area contributed by atoms with E-state index < -0.39 is 0 Å². The van der Waals surface area contributed by atoms with Crippen molar-refractivity contribution >= 4 is 5.91 Å². The van der Waals surface area contributed by atoms with Gasteiger partial charge in [-0.3, -0.25) is 4.79 Å². The summed E-state index contributed by atoms with van der Waals surface area (Å²) in [7, 11) is 6.17. The van der Waals surface area contributed by atoms with Crippen molar-refractivity contribution < 1.29 is 23.7 Å². The number of hydrogen-bond acceptors (Lipinski definition) is 5. The second kappa shape index (κ2) is 8.10. The smallest absolute Gasteiger partial charge is 0.259 e. The van der Waals surface area contributed by atoms with Crippen molar-refractivity contribution in [3.05, 3.63) is 47.5 Å². The predicted molar refractivity (Wildman–Crippen MR) is 90.3 cm³/mol. The minimum atomic E-state index is -0.279. The largest absolute Gasteiger partial charge is 0.496 e. The second-order valence-corrected chi connectivity index (χ2v) is 4.91. The summed E-state index contributed by atoms with van der Waals surface area (Å²) in [6.45, 7) is 0.334. The Morgan fingerprint density at radius 2 is 1.42 bits per heavy atom. The maximum atomic E-state index is 12.5. The van der Waals surface area contributed by atoms with Gasteiger partial charge in [-0.25, -0.2) is 0 Å². The van der Waals surface area contributed by atoms with Gasteiger partial charge >= 0.3 is 0 Å². The normalized spacial score (nSPS) is 10.0. The first-order valence-corrected chi connectivity index (χ1v) is 7.34. The SMILES string of the molecule is COc1ccc(CNC(=O)c2c(OC)cccc2OC)cc1OC. The zero-order chi connectivity index (χ0) is 17.5. The van der Waals surface area contributed by atoms with Crippen LogP contribution in [0.15, 0.2) is 36.4 Å². The van der Waals surface area contributed by atoms with E-state index >= 15 is 0 Å². The molecule has 2 aromatic rings. The molecule has 0 fully saturated rings. The Morgan fingerprint density at radius 1 is 0.833 bits per heavy atom. The van der Waals surface area contributed by atoms with Gasteiger partial charge in [-0.05, 0) is 29.8 Å². The number of carbonyl (C=O) groups excluding carboxylic acids is 1. The van der Waals surface area contributed by atoms with Crippen LogP contribution >= 0.6 is 0 Å². The first-order valence-electron chi connectivity index (χ1n) is 7.34. The van der Waals surface area contributed by atoms with Crippen LogP contribution in [0.3, 0.4) is 0 Å². The molecule has 0 heterocycles. The number of hydrogen-bond donors (Lipinski definition) is 1. The van der Waals surface area contributed by atoms with Crippen LogP contribution in [0, 0.1) is 0 Å². The molecule has 0 aliphatic heterocycles. The number of nitrogens with one attached hydrogen (secondary N) is 1. The van der Waals surface area contributed by atoms with Crippen LogP contribution in [-0.4, -0.2) is 34.3 Å². The molecule has 0 aliphatic rings. The predicted octanol–water partition coefficient (Wildman–Crippen LogP) is 2.65. The summed E-state index contributed by atoms with van der Waals surface area (Å²) in [4.78, 5) is 12.5. The van der Waals surface area contributed by atoms with Gasteiger partial charge in [-0.2, -0.15) is 0 Å². The highest BCUT2D eigenvalue weighted by molar-refractivity contribution is 5.99. The van der Waals surface area contributed by atoms with Crippen molar-refractivity contribution in [1.29, 1.82) is 0 Å². The van der Waals surface area contributed by atoms with Gasteiger partial charge in [0, 0.05) is 6.54 Å². The number of rotatable bonds is 7. The minimum absolute atomic E-state index is 0.279. The van der Waals surface area contributed by atoms with Gasteiger partial charge in [0.2, 0.25) is 0 Å². The zero-order valence-electron chi connectivity index (χ0n) is 14.2. The molecule has 0 saturated heterocycles. The Labute approximate surface area is 141 Å². The van der Waals surface area contributed by atoms with Crippen LogP contribution in [0.2, 0.25) is 0 Å². The molecule has 1 N–H and O–H groups in total. The zero-order valence-corrected chi connectivity index (χ0v) is 14.2. The molecule has 0 radical (unpaired) electrons. The Bertz CT molecular complexity index is 692. The first kappa shape index (κ1) is 17.5.